The first-order valence-electron chi connectivity index (χ1n) is 3.11. The minimum absolute atomic E-state index is 0.284. The lowest BCUT2D eigenvalue weighted by Crippen LogP contribution is -2.34. The second kappa shape index (κ2) is 3.73. The molecule has 0 aromatic heterocycles. The Morgan fingerprint density at radius 3 is 2.50 bits per heavy atom. The summed E-state index contributed by atoms with van der Waals surface area (Å²) in [5.41, 5.74) is -1.56. The van der Waals surface area contributed by atoms with E-state index in [9.17, 15) is 4.79 Å². The predicted octanol–water partition coefficient (Wildman–Crippen LogP) is 0.189. The van der Waals surface area contributed by atoms with Crippen LogP contribution < -0.4 is 0 Å². The highest BCUT2D eigenvalue weighted by Crippen LogP contribution is 2.12. The van der Waals surface area contributed by atoms with Gasteiger partial charge in [0, 0.05) is 10.2 Å². The SMILES string of the molecule is CC(O)(CCC[Si])C(=O)O. The van der Waals surface area contributed by atoms with Crippen molar-refractivity contribution in [1.29, 1.82) is 0 Å². The molecule has 0 aromatic rings. The number of hydrogen-bond acceptors (Lipinski definition) is 2. The molecule has 3 nitrogen and oxygen atoms in total. The van der Waals surface area contributed by atoms with Crippen molar-refractivity contribution in [2.24, 2.45) is 0 Å². The Balaban J connectivity index is 3.75. The van der Waals surface area contributed by atoms with Gasteiger partial charge in [-0.15, -0.1) is 0 Å². The van der Waals surface area contributed by atoms with Crippen LogP contribution in [0.3, 0.4) is 0 Å². The van der Waals surface area contributed by atoms with Crippen LogP contribution in [-0.4, -0.2) is 32.0 Å². The normalized spacial score (nSPS) is 16.3. The minimum Gasteiger partial charge on any atom is -0.479 e. The maximum atomic E-state index is 10.3. The van der Waals surface area contributed by atoms with Crippen LogP contribution >= 0.6 is 0 Å². The standard InChI is InChI=1S/C6H11O3Si/c1-6(9,5(7)8)3-2-4-10/h9H,2-4H2,1H3,(H,7,8). The molecule has 3 radical (unpaired) electrons. The lowest BCUT2D eigenvalue weighted by Gasteiger charge is -2.16. The molecule has 57 valence electrons. The van der Waals surface area contributed by atoms with Crippen LogP contribution in [-0.2, 0) is 4.79 Å². The van der Waals surface area contributed by atoms with Gasteiger partial charge >= 0.3 is 5.97 Å². The molecule has 0 heterocycles. The van der Waals surface area contributed by atoms with Crippen LogP contribution in [0.2, 0.25) is 6.04 Å². The van der Waals surface area contributed by atoms with E-state index in [0.717, 1.165) is 0 Å². The Labute approximate surface area is 63.5 Å². The summed E-state index contributed by atoms with van der Waals surface area (Å²) in [6.07, 6.45) is 0.946. The molecule has 0 amide bonds. The van der Waals surface area contributed by atoms with Gasteiger partial charge in [0.1, 0.15) is 0 Å². The van der Waals surface area contributed by atoms with E-state index in [2.05, 4.69) is 10.2 Å². The highest BCUT2D eigenvalue weighted by Gasteiger charge is 2.28. The summed E-state index contributed by atoms with van der Waals surface area (Å²) >= 11 is 0. The fourth-order valence-corrected chi connectivity index (χ4v) is 0.716. The van der Waals surface area contributed by atoms with Crippen molar-refractivity contribution in [3.05, 3.63) is 0 Å². The van der Waals surface area contributed by atoms with Crippen molar-refractivity contribution < 1.29 is 15.0 Å². The topological polar surface area (TPSA) is 57.5 Å². The molecule has 0 saturated carbocycles. The molecule has 1 atom stereocenters. The van der Waals surface area contributed by atoms with Crippen LogP contribution in [0.25, 0.3) is 0 Å². The second-order valence-electron chi connectivity index (χ2n) is 2.43. The third kappa shape index (κ3) is 2.98. The number of carbonyl (C=O) groups is 1. The van der Waals surface area contributed by atoms with Gasteiger partial charge < -0.3 is 10.2 Å². The first-order chi connectivity index (χ1) is 4.50. The van der Waals surface area contributed by atoms with Crippen molar-refractivity contribution in [1.82, 2.24) is 0 Å². The van der Waals surface area contributed by atoms with E-state index in [1.165, 1.54) is 6.92 Å². The van der Waals surface area contributed by atoms with Gasteiger partial charge in [-0.25, -0.2) is 4.79 Å². The summed E-state index contributed by atoms with van der Waals surface area (Å²) in [7, 11) is 3.19. The van der Waals surface area contributed by atoms with Crippen molar-refractivity contribution in [3.8, 4) is 0 Å². The van der Waals surface area contributed by atoms with E-state index in [0.29, 0.717) is 12.5 Å². The van der Waals surface area contributed by atoms with E-state index in [4.69, 9.17) is 10.2 Å². The van der Waals surface area contributed by atoms with Crippen LogP contribution in [0.1, 0.15) is 19.8 Å². The Morgan fingerprint density at radius 1 is 1.70 bits per heavy atom. The van der Waals surface area contributed by atoms with Crippen LogP contribution in [0.4, 0.5) is 0 Å². The largest absolute Gasteiger partial charge is 0.479 e. The third-order valence-corrected chi connectivity index (χ3v) is 1.65. The van der Waals surface area contributed by atoms with E-state index in [-0.39, 0.29) is 6.42 Å². The quantitative estimate of drug-likeness (QED) is 0.576. The Hall–Kier alpha value is -0.353. The van der Waals surface area contributed by atoms with E-state index in [1.54, 1.807) is 0 Å². The summed E-state index contributed by atoms with van der Waals surface area (Å²) in [4.78, 5) is 10.3. The summed E-state index contributed by atoms with van der Waals surface area (Å²) in [5, 5.41) is 17.5. The predicted molar refractivity (Wildman–Crippen MR) is 38.1 cm³/mol. The zero-order valence-corrected chi connectivity index (χ0v) is 6.92. The fourth-order valence-electron chi connectivity index (χ4n) is 0.540. The van der Waals surface area contributed by atoms with Crippen molar-refractivity contribution in [2.75, 3.05) is 0 Å². The molecular formula is C6H11O3Si. The number of aliphatic carboxylic acids is 1. The second-order valence-corrected chi connectivity index (χ2v) is 2.93. The molecule has 10 heavy (non-hydrogen) atoms. The monoisotopic (exact) mass is 159 g/mol. The number of aliphatic hydroxyl groups is 1. The first-order valence-corrected chi connectivity index (χ1v) is 3.82. The van der Waals surface area contributed by atoms with Crippen LogP contribution in [0.5, 0.6) is 0 Å². The van der Waals surface area contributed by atoms with Gasteiger partial charge in [-0.3, -0.25) is 0 Å². The molecular weight excluding hydrogens is 148 g/mol. The molecule has 4 heteroatoms. The molecule has 0 aliphatic rings. The first kappa shape index (κ1) is 9.65. The molecule has 0 saturated heterocycles. The van der Waals surface area contributed by atoms with Crippen molar-refractivity contribution in [2.45, 2.75) is 31.4 Å². The molecule has 2 N–H and O–H groups in total. The van der Waals surface area contributed by atoms with Gasteiger partial charge in [0.15, 0.2) is 5.60 Å². The average Bonchev–Trinajstić information content (AvgIpc) is 1.84. The third-order valence-electron chi connectivity index (χ3n) is 1.30. The van der Waals surface area contributed by atoms with Gasteiger partial charge in [0.2, 0.25) is 0 Å². The van der Waals surface area contributed by atoms with E-state index >= 15 is 0 Å². The summed E-state index contributed by atoms with van der Waals surface area (Å²) < 4.78 is 0. The molecule has 0 spiro atoms. The van der Waals surface area contributed by atoms with Gasteiger partial charge in [-0.05, 0) is 13.3 Å². The van der Waals surface area contributed by atoms with Gasteiger partial charge in [-0.1, -0.05) is 12.5 Å². The minimum atomic E-state index is -1.56. The molecule has 0 aliphatic carbocycles. The highest BCUT2D eigenvalue weighted by atomic mass is 28.1. The Morgan fingerprint density at radius 2 is 2.20 bits per heavy atom. The van der Waals surface area contributed by atoms with E-state index in [1.807, 2.05) is 0 Å². The number of carboxylic acids is 1. The summed E-state index contributed by atoms with van der Waals surface area (Å²) in [6, 6.07) is 0.712. The smallest absolute Gasteiger partial charge is 0.335 e. The lowest BCUT2D eigenvalue weighted by molar-refractivity contribution is -0.157. The maximum Gasteiger partial charge on any atom is 0.335 e. The van der Waals surface area contributed by atoms with Gasteiger partial charge in [-0.2, -0.15) is 0 Å². The van der Waals surface area contributed by atoms with Crippen LogP contribution in [0.15, 0.2) is 0 Å². The zero-order chi connectivity index (χ0) is 8.20. The number of rotatable bonds is 4. The Bertz CT molecular complexity index is 122. The molecule has 0 fully saturated rings. The molecule has 0 aliphatic heterocycles. The molecule has 0 aromatic carbocycles. The van der Waals surface area contributed by atoms with E-state index < -0.39 is 11.6 Å². The number of hydrogen-bond donors (Lipinski definition) is 2. The highest BCUT2D eigenvalue weighted by molar-refractivity contribution is 6.08. The summed E-state index contributed by atoms with van der Waals surface area (Å²) in [6.45, 7) is 1.30. The maximum absolute atomic E-state index is 10.3. The van der Waals surface area contributed by atoms with Gasteiger partial charge in [0.05, 0.1) is 0 Å². The Kier molecular flexibility index (Phi) is 3.60. The molecule has 1 unspecified atom stereocenters. The molecule has 0 bridgehead atoms. The van der Waals surface area contributed by atoms with Gasteiger partial charge in [0.25, 0.3) is 0 Å². The fraction of sp³-hybridized carbons (Fsp3) is 0.833. The average molecular weight is 159 g/mol. The van der Waals surface area contributed by atoms with Crippen molar-refractivity contribution >= 4 is 16.2 Å². The van der Waals surface area contributed by atoms with Crippen molar-refractivity contribution in [3.63, 3.8) is 0 Å². The van der Waals surface area contributed by atoms with Crippen LogP contribution in [0, 0.1) is 0 Å². The summed E-state index contributed by atoms with van der Waals surface area (Å²) in [5.74, 6) is -1.16. The number of carboxylic acid groups (broad SMARTS) is 1. The molecule has 0 rings (SSSR count). The zero-order valence-electron chi connectivity index (χ0n) is 5.92. The lowest BCUT2D eigenvalue weighted by atomic mass is 10.0.